The van der Waals surface area contributed by atoms with E-state index < -0.39 is 5.54 Å². The summed E-state index contributed by atoms with van der Waals surface area (Å²) in [6.07, 6.45) is 2.22. The van der Waals surface area contributed by atoms with E-state index >= 15 is 0 Å². The van der Waals surface area contributed by atoms with Crippen LogP contribution in [0.4, 0.5) is 0 Å². The van der Waals surface area contributed by atoms with Gasteiger partial charge in [0.1, 0.15) is 5.54 Å². The van der Waals surface area contributed by atoms with Crippen molar-refractivity contribution in [3.63, 3.8) is 0 Å². The monoisotopic (exact) mass is 269 g/mol. The minimum absolute atomic E-state index is 0.199. The minimum Gasteiger partial charge on any atom is -0.368 e. The normalized spacial score (nSPS) is 19.2. The molecule has 0 heterocycles. The number of amides is 1. The molecule has 3 N–H and O–H groups in total. The van der Waals surface area contributed by atoms with E-state index in [-0.39, 0.29) is 5.91 Å². The van der Waals surface area contributed by atoms with E-state index in [9.17, 15) is 4.79 Å². The van der Waals surface area contributed by atoms with Crippen molar-refractivity contribution < 1.29 is 4.79 Å². The van der Waals surface area contributed by atoms with Crippen LogP contribution in [0, 0.1) is 17.8 Å². The number of hydrogen-bond acceptors (Lipinski definition) is 3. The first kappa shape index (κ1) is 16.4. The average molecular weight is 269 g/mol. The first-order valence-electron chi connectivity index (χ1n) is 7.53. The first-order valence-corrected chi connectivity index (χ1v) is 7.53. The number of hydrogen-bond donors (Lipinski definition) is 2. The third-order valence-electron chi connectivity index (χ3n) is 3.88. The summed E-state index contributed by atoms with van der Waals surface area (Å²) in [7, 11) is 1.87. The van der Waals surface area contributed by atoms with E-state index in [1.807, 2.05) is 7.05 Å². The highest BCUT2D eigenvalue weighted by molar-refractivity contribution is 5.86. The molecule has 1 atom stereocenters. The Morgan fingerprint density at radius 3 is 2.00 bits per heavy atom. The molecule has 1 amide bonds. The molecule has 1 fully saturated rings. The fraction of sp³-hybridized carbons (Fsp3) is 0.933. The maximum absolute atomic E-state index is 12.0. The van der Waals surface area contributed by atoms with Gasteiger partial charge in [0.25, 0.3) is 0 Å². The van der Waals surface area contributed by atoms with E-state index in [4.69, 9.17) is 5.73 Å². The molecule has 0 radical (unpaired) electrons. The van der Waals surface area contributed by atoms with Crippen molar-refractivity contribution in [1.29, 1.82) is 0 Å². The second-order valence-electron chi connectivity index (χ2n) is 6.84. The van der Waals surface area contributed by atoms with Gasteiger partial charge in [-0.05, 0) is 37.6 Å². The molecule has 4 nitrogen and oxygen atoms in total. The molecule has 0 aliphatic heterocycles. The second kappa shape index (κ2) is 6.71. The van der Waals surface area contributed by atoms with Crippen molar-refractivity contribution in [2.24, 2.45) is 23.5 Å². The molecule has 1 rings (SSSR count). The van der Waals surface area contributed by atoms with Crippen LogP contribution >= 0.6 is 0 Å². The van der Waals surface area contributed by atoms with Gasteiger partial charge in [0.15, 0.2) is 0 Å². The van der Waals surface area contributed by atoms with Crippen LogP contribution in [0.1, 0.15) is 40.5 Å². The van der Waals surface area contributed by atoms with Gasteiger partial charge < -0.3 is 16.0 Å². The van der Waals surface area contributed by atoms with Crippen molar-refractivity contribution in [2.75, 3.05) is 26.7 Å². The number of likely N-dealkylation sites (N-methyl/N-ethyl adjacent to an activating group) is 1. The van der Waals surface area contributed by atoms with Crippen LogP contribution < -0.4 is 11.1 Å². The SMILES string of the molecule is CNC(CN(CC(C)C)CC(C)C)(C(N)=O)C1CC1. The van der Waals surface area contributed by atoms with Crippen LogP contribution in [-0.2, 0) is 4.79 Å². The van der Waals surface area contributed by atoms with Gasteiger partial charge in [-0.2, -0.15) is 0 Å². The quantitative estimate of drug-likeness (QED) is 0.666. The molecule has 1 saturated carbocycles. The molecule has 1 unspecified atom stereocenters. The standard InChI is InChI=1S/C15H31N3O/c1-11(2)8-18(9-12(3)4)10-15(17-5,14(16)19)13-6-7-13/h11-13,17H,6-10H2,1-5H3,(H2,16,19). The summed E-state index contributed by atoms with van der Waals surface area (Å²) >= 11 is 0. The predicted molar refractivity (Wildman–Crippen MR) is 79.8 cm³/mol. The Kier molecular flexibility index (Phi) is 5.81. The maximum atomic E-state index is 12.0. The maximum Gasteiger partial charge on any atom is 0.239 e. The van der Waals surface area contributed by atoms with E-state index in [1.165, 1.54) is 0 Å². The Morgan fingerprint density at radius 1 is 1.26 bits per heavy atom. The van der Waals surface area contributed by atoms with E-state index in [1.54, 1.807) is 0 Å². The third kappa shape index (κ3) is 4.46. The van der Waals surface area contributed by atoms with Gasteiger partial charge in [0, 0.05) is 19.6 Å². The zero-order valence-corrected chi connectivity index (χ0v) is 13.2. The Bertz CT molecular complexity index is 290. The summed E-state index contributed by atoms with van der Waals surface area (Å²) in [5.74, 6) is 1.41. The summed E-state index contributed by atoms with van der Waals surface area (Å²) in [6, 6.07) is 0. The van der Waals surface area contributed by atoms with Crippen LogP contribution in [0.25, 0.3) is 0 Å². The van der Waals surface area contributed by atoms with Crippen molar-refractivity contribution in [1.82, 2.24) is 10.2 Å². The van der Waals surface area contributed by atoms with Crippen LogP contribution in [0.15, 0.2) is 0 Å². The number of carbonyl (C=O) groups is 1. The number of rotatable bonds is 9. The molecule has 0 aromatic carbocycles. The molecule has 19 heavy (non-hydrogen) atoms. The van der Waals surface area contributed by atoms with Gasteiger partial charge in [-0.15, -0.1) is 0 Å². The van der Waals surface area contributed by atoms with E-state index in [0.717, 1.165) is 32.5 Å². The Hall–Kier alpha value is -0.610. The summed E-state index contributed by atoms with van der Waals surface area (Å²) in [5, 5.41) is 3.24. The lowest BCUT2D eigenvalue weighted by Gasteiger charge is -2.37. The van der Waals surface area contributed by atoms with Crippen LogP contribution in [0.5, 0.6) is 0 Å². The molecule has 0 aromatic rings. The van der Waals surface area contributed by atoms with Gasteiger partial charge in [-0.3, -0.25) is 4.79 Å². The van der Waals surface area contributed by atoms with Gasteiger partial charge in [0.05, 0.1) is 0 Å². The fourth-order valence-electron chi connectivity index (χ4n) is 2.98. The summed E-state index contributed by atoms with van der Waals surface area (Å²) in [6.45, 7) is 11.6. The lowest BCUT2D eigenvalue weighted by molar-refractivity contribution is -0.126. The zero-order chi connectivity index (χ0) is 14.6. The first-order chi connectivity index (χ1) is 8.81. The molecule has 0 bridgehead atoms. The van der Waals surface area contributed by atoms with Crippen LogP contribution in [0.3, 0.4) is 0 Å². The van der Waals surface area contributed by atoms with Crippen molar-refractivity contribution in [3.8, 4) is 0 Å². The second-order valence-corrected chi connectivity index (χ2v) is 6.84. The predicted octanol–water partition coefficient (Wildman–Crippen LogP) is 1.45. The number of primary amides is 1. The zero-order valence-electron chi connectivity index (χ0n) is 13.2. The van der Waals surface area contributed by atoms with Crippen LogP contribution in [-0.4, -0.2) is 43.0 Å². The molecule has 0 aromatic heterocycles. The largest absolute Gasteiger partial charge is 0.368 e. The van der Waals surface area contributed by atoms with Gasteiger partial charge in [-0.25, -0.2) is 0 Å². The lowest BCUT2D eigenvalue weighted by atomic mass is 9.91. The molecule has 1 aliphatic carbocycles. The highest BCUT2D eigenvalue weighted by Crippen LogP contribution is 2.40. The van der Waals surface area contributed by atoms with Crippen molar-refractivity contribution in [3.05, 3.63) is 0 Å². The lowest BCUT2D eigenvalue weighted by Crippen LogP contribution is -2.62. The Labute approximate surface area is 118 Å². The van der Waals surface area contributed by atoms with Gasteiger partial charge >= 0.3 is 0 Å². The van der Waals surface area contributed by atoms with Gasteiger partial charge in [-0.1, -0.05) is 27.7 Å². The Balaban J connectivity index is 2.80. The summed E-state index contributed by atoms with van der Waals surface area (Å²) in [4.78, 5) is 14.4. The summed E-state index contributed by atoms with van der Waals surface area (Å²) < 4.78 is 0. The van der Waals surface area contributed by atoms with Crippen molar-refractivity contribution >= 4 is 5.91 Å². The fourth-order valence-corrected chi connectivity index (χ4v) is 2.98. The summed E-state index contributed by atoms with van der Waals surface area (Å²) in [5.41, 5.74) is 5.17. The molecule has 0 spiro atoms. The molecule has 112 valence electrons. The highest BCUT2D eigenvalue weighted by atomic mass is 16.1. The van der Waals surface area contributed by atoms with Crippen molar-refractivity contribution in [2.45, 2.75) is 46.1 Å². The molecular formula is C15H31N3O. The van der Waals surface area contributed by atoms with Gasteiger partial charge in [0.2, 0.25) is 5.91 Å². The van der Waals surface area contributed by atoms with Crippen LogP contribution in [0.2, 0.25) is 0 Å². The number of nitrogens with zero attached hydrogens (tertiary/aromatic N) is 1. The molecule has 1 aliphatic rings. The smallest absolute Gasteiger partial charge is 0.239 e. The third-order valence-corrected chi connectivity index (χ3v) is 3.88. The Morgan fingerprint density at radius 2 is 1.74 bits per heavy atom. The number of nitrogens with two attached hydrogens (primary N) is 1. The molecule has 0 saturated heterocycles. The average Bonchev–Trinajstić information content (AvgIpc) is 3.07. The van der Waals surface area contributed by atoms with E-state index in [2.05, 4.69) is 37.9 Å². The highest BCUT2D eigenvalue weighted by Gasteiger charge is 2.49. The van der Waals surface area contributed by atoms with E-state index in [0.29, 0.717) is 17.8 Å². The minimum atomic E-state index is -0.538. The molecular weight excluding hydrogens is 238 g/mol. The molecule has 4 heteroatoms. The topological polar surface area (TPSA) is 58.4 Å². The number of nitrogens with one attached hydrogen (secondary N) is 1. The number of carbonyl (C=O) groups excluding carboxylic acids is 1.